The summed E-state index contributed by atoms with van der Waals surface area (Å²) < 4.78 is 1.11. The van der Waals surface area contributed by atoms with E-state index >= 15 is 0 Å². The van der Waals surface area contributed by atoms with E-state index in [-0.39, 0.29) is 0 Å². The van der Waals surface area contributed by atoms with Gasteiger partial charge in [-0.15, -0.1) is 35.3 Å². The Bertz CT molecular complexity index is 141. The van der Waals surface area contributed by atoms with Gasteiger partial charge in [-0.1, -0.05) is 0 Å². The van der Waals surface area contributed by atoms with E-state index in [1.807, 2.05) is 35.3 Å². The third kappa shape index (κ3) is 5.11. The summed E-state index contributed by atoms with van der Waals surface area (Å²) in [4.78, 5) is 0. The molecule has 0 nitrogen and oxygen atoms in total. The van der Waals surface area contributed by atoms with Crippen LogP contribution in [0.1, 0.15) is 6.42 Å². The fourth-order valence-corrected chi connectivity index (χ4v) is 8.14. The molecule has 0 N–H and O–H groups in total. The van der Waals surface area contributed by atoms with Gasteiger partial charge in [-0.2, -0.15) is 37.9 Å². The van der Waals surface area contributed by atoms with E-state index in [0.29, 0.717) is 8.50 Å². The molecule has 0 radical (unpaired) electrons. The van der Waals surface area contributed by atoms with E-state index in [1.165, 1.54) is 5.75 Å². The number of thioether (sulfide) groups is 3. The van der Waals surface area contributed by atoms with Crippen LogP contribution in [0, 0.1) is 0 Å². The predicted molar refractivity (Wildman–Crippen MR) is 80.3 cm³/mol. The highest BCUT2D eigenvalue weighted by molar-refractivity contribution is 8.36. The minimum absolute atomic E-state index is 0.446. The Kier molecular flexibility index (Phi) is 7.48. The van der Waals surface area contributed by atoms with Crippen LogP contribution in [0.25, 0.3) is 0 Å². The molecule has 1 rings (SSSR count). The van der Waals surface area contributed by atoms with Gasteiger partial charge in [0.2, 0.25) is 0 Å². The molecule has 6 heteroatoms. The Hall–Kier alpha value is 2.10. The van der Waals surface area contributed by atoms with Crippen molar-refractivity contribution in [3.8, 4) is 0 Å². The molecule has 0 aromatic rings. The maximum atomic E-state index is 4.51. The van der Waals surface area contributed by atoms with Crippen molar-refractivity contribution in [3.05, 3.63) is 0 Å². The Morgan fingerprint density at radius 1 is 1.46 bits per heavy atom. The largest absolute Gasteiger partial charge is 0.179 e. The third-order valence-corrected chi connectivity index (χ3v) is 8.08. The van der Waals surface area contributed by atoms with Gasteiger partial charge in [0.1, 0.15) is 0 Å². The molecule has 0 spiro atoms. The lowest BCUT2D eigenvalue weighted by Crippen LogP contribution is -2.02. The highest BCUT2D eigenvalue weighted by Gasteiger charge is 2.26. The van der Waals surface area contributed by atoms with Crippen LogP contribution >= 0.6 is 73.2 Å². The van der Waals surface area contributed by atoms with Gasteiger partial charge in [-0.3, -0.25) is 0 Å². The zero-order valence-electron chi connectivity index (χ0n) is 7.13. The zero-order valence-corrected chi connectivity index (χ0v) is 12.3. The molecule has 0 aromatic heterocycles. The lowest BCUT2D eigenvalue weighted by atomic mass is 10.6. The van der Waals surface area contributed by atoms with E-state index in [9.17, 15) is 0 Å². The first kappa shape index (κ1) is 13.2. The topological polar surface area (TPSA) is 0 Å². The molecule has 78 valence electrons. The Balaban J connectivity index is 2.16. The molecular weight excluding hydrogens is 276 g/mol. The van der Waals surface area contributed by atoms with Crippen molar-refractivity contribution in [2.75, 3.05) is 17.3 Å². The summed E-state index contributed by atoms with van der Waals surface area (Å²) in [5.74, 6) is 3.17. The molecule has 0 bridgehead atoms. The monoisotopic (exact) mass is 290 g/mol. The Labute approximate surface area is 110 Å². The van der Waals surface area contributed by atoms with Crippen molar-refractivity contribution >= 4 is 73.2 Å². The second-order valence-corrected chi connectivity index (χ2v) is 9.21. The van der Waals surface area contributed by atoms with Crippen molar-refractivity contribution in [3.63, 3.8) is 0 Å². The van der Waals surface area contributed by atoms with Crippen molar-refractivity contribution in [1.29, 1.82) is 0 Å². The minimum atomic E-state index is 0.446. The molecule has 3 unspecified atom stereocenters. The SMILES string of the molecule is SCCC(S)SC1SCC(CS)S1. The first-order valence-electron chi connectivity index (χ1n) is 4.08. The molecule has 13 heavy (non-hydrogen) atoms. The number of thiol groups is 3. The molecule has 1 heterocycles. The van der Waals surface area contributed by atoms with E-state index in [1.54, 1.807) is 0 Å². The summed E-state index contributed by atoms with van der Waals surface area (Å²) in [5, 5.41) is 0.738. The van der Waals surface area contributed by atoms with Crippen molar-refractivity contribution in [2.24, 2.45) is 0 Å². The quantitative estimate of drug-likeness (QED) is 0.525. The highest BCUT2D eigenvalue weighted by Crippen LogP contribution is 2.47. The molecule has 1 saturated heterocycles. The van der Waals surface area contributed by atoms with Crippen LogP contribution in [-0.4, -0.2) is 31.0 Å². The standard InChI is InChI=1S/C7H14S6/c8-2-1-6(10)13-7-11-4-5(3-9)12-7/h5-10H,1-4H2. The second-order valence-electron chi connectivity index (χ2n) is 2.67. The average molecular weight is 291 g/mol. The smallest absolute Gasteiger partial charge is 0.0970 e. The molecule has 1 aliphatic rings. The maximum Gasteiger partial charge on any atom is 0.0970 e. The van der Waals surface area contributed by atoms with E-state index < -0.39 is 0 Å². The van der Waals surface area contributed by atoms with E-state index in [4.69, 9.17) is 0 Å². The molecule has 1 aliphatic heterocycles. The minimum Gasteiger partial charge on any atom is -0.179 e. The van der Waals surface area contributed by atoms with Crippen LogP contribution < -0.4 is 0 Å². The molecule has 0 amide bonds. The summed E-state index contributed by atoms with van der Waals surface area (Å²) >= 11 is 19.1. The Morgan fingerprint density at radius 3 is 2.77 bits per heavy atom. The summed E-state index contributed by atoms with van der Waals surface area (Å²) in [6.45, 7) is 0. The zero-order chi connectivity index (χ0) is 9.68. The van der Waals surface area contributed by atoms with Gasteiger partial charge in [0.15, 0.2) is 0 Å². The van der Waals surface area contributed by atoms with Crippen molar-refractivity contribution < 1.29 is 0 Å². The molecule has 0 aromatic carbocycles. The summed E-state index contributed by atoms with van der Waals surface area (Å²) in [5.41, 5.74) is 0. The summed E-state index contributed by atoms with van der Waals surface area (Å²) in [6, 6.07) is 0. The molecule has 1 fully saturated rings. The molecule has 0 saturated carbocycles. The van der Waals surface area contributed by atoms with E-state index in [0.717, 1.165) is 23.2 Å². The van der Waals surface area contributed by atoms with Crippen LogP contribution in [0.5, 0.6) is 0 Å². The van der Waals surface area contributed by atoms with Crippen LogP contribution in [0.15, 0.2) is 0 Å². The third-order valence-electron chi connectivity index (χ3n) is 1.57. The second kappa shape index (κ2) is 7.39. The van der Waals surface area contributed by atoms with Gasteiger partial charge in [0, 0.05) is 21.3 Å². The molecule has 3 atom stereocenters. The summed E-state index contributed by atoms with van der Waals surface area (Å²) in [6.07, 6.45) is 1.08. The van der Waals surface area contributed by atoms with Crippen LogP contribution in [-0.2, 0) is 0 Å². The first-order chi connectivity index (χ1) is 6.26. The summed E-state index contributed by atoms with van der Waals surface area (Å²) in [7, 11) is 0. The number of hydrogen-bond donors (Lipinski definition) is 3. The highest BCUT2D eigenvalue weighted by atomic mass is 32.3. The predicted octanol–water partition coefficient (Wildman–Crippen LogP) is 3.36. The van der Waals surface area contributed by atoms with Gasteiger partial charge >= 0.3 is 0 Å². The molecule has 0 aliphatic carbocycles. The van der Waals surface area contributed by atoms with Gasteiger partial charge < -0.3 is 0 Å². The van der Waals surface area contributed by atoms with Gasteiger partial charge in [0.25, 0.3) is 0 Å². The maximum absolute atomic E-state index is 4.51. The van der Waals surface area contributed by atoms with Crippen molar-refractivity contribution in [1.82, 2.24) is 0 Å². The van der Waals surface area contributed by atoms with Crippen LogP contribution in [0.3, 0.4) is 0 Å². The van der Waals surface area contributed by atoms with Crippen LogP contribution in [0.4, 0.5) is 0 Å². The van der Waals surface area contributed by atoms with Crippen LogP contribution in [0.2, 0.25) is 0 Å². The normalized spacial score (nSPS) is 30.7. The van der Waals surface area contributed by atoms with Crippen molar-refractivity contribution in [2.45, 2.75) is 20.2 Å². The fraction of sp³-hybridized carbons (Fsp3) is 1.00. The number of rotatable bonds is 5. The fourth-order valence-electron chi connectivity index (χ4n) is 0.895. The van der Waals surface area contributed by atoms with E-state index in [2.05, 4.69) is 37.9 Å². The lowest BCUT2D eigenvalue weighted by molar-refractivity contribution is 1.09. The van der Waals surface area contributed by atoms with Gasteiger partial charge in [-0.05, 0) is 12.2 Å². The molecular formula is C7H14S6. The first-order valence-corrected chi connectivity index (χ1v) is 8.80. The lowest BCUT2D eigenvalue weighted by Gasteiger charge is -2.13. The Morgan fingerprint density at radius 2 is 2.23 bits per heavy atom. The van der Waals surface area contributed by atoms with Gasteiger partial charge in [-0.25, -0.2) is 0 Å². The number of hydrogen-bond acceptors (Lipinski definition) is 6. The van der Waals surface area contributed by atoms with Gasteiger partial charge in [0.05, 0.1) is 3.91 Å². The average Bonchev–Trinajstić information content (AvgIpc) is 2.52.